The molecule has 2 amide bonds. The average molecular weight is 245 g/mol. The Morgan fingerprint density at radius 1 is 0.941 bits per heavy atom. The minimum Gasteiger partial charge on any atom is -0.357 e. The molecule has 17 heavy (non-hydrogen) atoms. The first kappa shape index (κ1) is 18.3. The van der Waals surface area contributed by atoms with Crippen LogP contribution in [0.25, 0.3) is 0 Å². The van der Waals surface area contributed by atoms with Crippen LogP contribution in [0, 0.1) is 5.92 Å². The largest absolute Gasteiger partial charge is 0.357 e. The molecule has 102 valence electrons. The zero-order valence-corrected chi connectivity index (χ0v) is 12.0. The van der Waals surface area contributed by atoms with Crippen molar-refractivity contribution in [2.45, 2.75) is 46.7 Å². The highest BCUT2D eigenvalue weighted by atomic mass is 16.2. The molecule has 5 nitrogen and oxygen atoms in total. The van der Waals surface area contributed by atoms with Gasteiger partial charge in [0.05, 0.1) is 6.04 Å². The molecule has 0 aliphatic carbocycles. The summed E-state index contributed by atoms with van der Waals surface area (Å²) >= 11 is 0. The van der Waals surface area contributed by atoms with Gasteiger partial charge < -0.3 is 16.0 Å². The van der Waals surface area contributed by atoms with Gasteiger partial charge in [-0.1, -0.05) is 27.7 Å². The minimum atomic E-state index is -0.503. The monoisotopic (exact) mass is 245 g/mol. The van der Waals surface area contributed by atoms with Crippen LogP contribution in [0.5, 0.6) is 0 Å². The van der Waals surface area contributed by atoms with E-state index in [0.717, 1.165) is 0 Å². The molecule has 0 aliphatic heterocycles. The molecule has 0 aromatic heterocycles. The predicted octanol–water partition coefficient (Wildman–Crippen LogP) is 0.507. The Balaban J connectivity index is 0. The van der Waals surface area contributed by atoms with E-state index in [0.29, 0.717) is 0 Å². The van der Waals surface area contributed by atoms with Crippen LogP contribution in [-0.4, -0.2) is 38.0 Å². The normalized spacial score (nSPS) is 13.2. The van der Waals surface area contributed by atoms with Crippen LogP contribution in [0.3, 0.4) is 0 Å². The molecule has 0 aromatic rings. The molecule has 0 aromatic carbocycles. The molecule has 0 aliphatic rings. The lowest BCUT2D eigenvalue weighted by molar-refractivity contribution is -0.129. The second-order valence-corrected chi connectivity index (χ2v) is 3.85. The summed E-state index contributed by atoms with van der Waals surface area (Å²) in [6.45, 7) is 9.56. The van der Waals surface area contributed by atoms with Crippen molar-refractivity contribution in [3.8, 4) is 0 Å². The standard InChI is InChI=1S/C10H21N3O2.C2H6/c1-6(2)8(11-4)10(15)13-7(3)9(14)12-5;1-2/h6-8,11H,1-5H3,(H,12,14)(H,13,15);1-2H3/t7-,8?;/m0./s1. The lowest BCUT2D eigenvalue weighted by atomic mass is 10.0. The fraction of sp³-hybridized carbons (Fsp3) is 0.833. The third-order valence-electron chi connectivity index (χ3n) is 2.26. The van der Waals surface area contributed by atoms with Gasteiger partial charge in [-0.2, -0.15) is 0 Å². The van der Waals surface area contributed by atoms with E-state index in [4.69, 9.17) is 0 Å². The van der Waals surface area contributed by atoms with Crippen LogP contribution in [0.1, 0.15) is 34.6 Å². The first-order chi connectivity index (χ1) is 7.93. The van der Waals surface area contributed by atoms with Gasteiger partial charge in [-0.25, -0.2) is 0 Å². The Hall–Kier alpha value is -1.10. The van der Waals surface area contributed by atoms with Gasteiger partial charge in [0.2, 0.25) is 11.8 Å². The Kier molecular flexibility index (Phi) is 10.8. The fourth-order valence-corrected chi connectivity index (χ4v) is 1.35. The fourth-order valence-electron chi connectivity index (χ4n) is 1.35. The molecule has 0 saturated carbocycles. The molecule has 0 rings (SSSR count). The van der Waals surface area contributed by atoms with Gasteiger partial charge >= 0.3 is 0 Å². The summed E-state index contributed by atoms with van der Waals surface area (Å²) in [6.07, 6.45) is 0. The van der Waals surface area contributed by atoms with E-state index in [-0.39, 0.29) is 23.8 Å². The Morgan fingerprint density at radius 2 is 1.41 bits per heavy atom. The number of nitrogens with one attached hydrogen (secondary N) is 3. The molecule has 0 saturated heterocycles. The third kappa shape index (κ3) is 6.94. The highest BCUT2D eigenvalue weighted by Gasteiger charge is 2.23. The van der Waals surface area contributed by atoms with E-state index in [2.05, 4.69) is 16.0 Å². The summed E-state index contributed by atoms with van der Waals surface area (Å²) in [7, 11) is 3.28. The second kappa shape index (κ2) is 10.1. The predicted molar refractivity (Wildman–Crippen MR) is 70.7 cm³/mol. The first-order valence-electron chi connectivity index (χ1n) is 6.13. The topological polar surface area (TPSA) is 70.2 Å². The summed E-state index contributed by atoms with van der Waals surface area (Å²) in [5, 5.41) is 8.05. The lowest BCUT2D eigenvalue weighted by Gasteiger charge is -2.21. The van der Waals surface area contributed by atoms with Crippen molar-refractivity contribution >= 4 is 11.8 Å². The van der Waals surface area contributed by atoms with E-state index in [9.17, 15) is 9.59 Å². The smallest absolute Gasteiger partial charge is 0.242 e. The molecule has 5 heteroatoms. The van der Waals surface area contributed by atoms with Gasteiger partial charge in [0.25, 0.3) is 0 Å². The van der Waals surface area contributed by atoms with Crippen molar-refractivity contribution in [2.24, 2.45) is 5.92 Å². The van der Waals surface area contributed by atoms with E-state index in [1.54, 1.807) is 21.0 Å². The Labute approximate surface area is 105 Å². The van der Waals surface area contributed by atoms with Crippen LogP contribution in [0.4, 0.5) is 0 Å². The van der Waals surface area contributed by atoms with Gasteiger partial charge in [-0.05, 0) is 19.9 Å². The number of hydrogen-bond acceptors (Lipinski definition) is 3. The molecule has 0 spiro atoms. The van der Waals surface area contributed by atoms with E-state index < -0.39 is 6.04 Å². The van der Waals surface area contributed by atoms with Crippen molar-refractivity contribution in [3.05, 3.63) is 0 Å². The molecule has 2 atom stereocenters. The van der Waals surface area contributed by atoms with Crippen molar-refractivity contribution in [2.75, 3.05) is 14.1 Å². The Bertz CT molecular complexity index is 230. The molecular weight excluding hydrogens is 218 g/mol. The number of carbonyl (C=O) groups is 2. The summed E-state index contributed by atoms with van der Waals surface area (Å²) in [5.74, 6) is -0.155. The highest BCUT2D eigenvalue weighted by molar-refractivity contribution is 5.89. The molecule has 0 heterocycles. The maximum atomic E-state index is 11.7. The minimum absolute atomic E-state index is 0.149. The van der Waals surface area contributed by atoms with Crippen LogP contribution < -0.4 is 16.0 Å². The number of hydrogen-bond donors (Lipinski definition) is 3. The zero-order valence-electron chi connectivity index (χ0n) is 12.0. The quantitative estimate of drug-likeness (QED) is 0.661. The molecular formula is C12H27N3O2. The number of carbonyl (C=O) groups excluding carboxylic acids is 2. The summed E-state index contributed by atoms with van der Waals surface area (Å²) in [4.78, 5) is 22.9. The molecule has 0 fully saturated rings. The highest BCUT2D eigenvalue weighted by Crippen LogP contribution is 2.01. The summed E-state index contributed by atoms with van der Waals surface area (Å²) < 4.78 is 0. The van der Waals surface area contributed by atoms with Crippen LogP contribution in [0.15, 0.2) is 0 Å². The average Bonchev–Trinajstić information content (AvgIpc) is 2.30. The first-order valence-corrected chi connectivity index (χ1v) is 6.13. The van der Waals surface area contributed by atoms with Crippen molar-refractivity contribution < 1.29 is 9.59 Å². The Morgan fingerprint density at radius 3 is 1.71 bits per heavy atom. The van der Waals surface area contributed by atoms with Gasteiger partial charge in [0.1, 0.15) is 6.04 Å². The number of rotatable bonds is 5. The van der Waals surface area contributed by atoms with Crippen LogP contribution in [0.2, 0.25) is 0 Å². The van der Waals surface area contributed by atoms with Crippen molar-refractivity contribution in [3.63, 3.8) is 0 Å². The second-order valence-electron chi connectivity index (χ2n) is 3.85. The number of likely N-dealkylation sites (N-methyl/N-ethyl adjacent to an activating group) is 2. The molecule has 1 unspecified atom stereocenters. The summed E-state index contributed by atoms with van der Waals surface area (Å²) in [6, 6.07) is -0.769. The van der Waals surface area contributed by atoms with Gasteiger partial charge in [0.15, 0.2) is 0 Å². The third-order valence-corrected chi connectivity index (χ3v) is 2.26. The van der Waals surface area contributed by atoms with Gasteiger partial charge in [-0.3, -0.25) is 9.59 Å². The summed E-state index contributed by atoms with van der Waals surface area (Å²) in [5.41, 5.74) is 0. The van der Waals surface area contributed by atoms with Crippen LogP contribution in [-0.2, 0) is 9.59 Å². The van der Waals surface area contributed by atoms with E-state index in [1.807, 2.05) is 27.7 Å². The maximum absolute atomic E-state index is 11.7. The van der Waals surface area contributed by atoms with Crippen molar-refractivity contribution in [1.29, 1.82) is 0 Å². The lowest BCUT2D eigenvalue weighted by Crippen LogP contribution is -2.52. The molecule has 3 N–H and O–H groups in total. The maximum Gasteiger partial charge on any atom is 0.242 e. The van der Waals surface area contributed by atoms with Gasteiger partial charge in [0, 0.05) is 7.05 Å². The van der Waals surface area contributed by atoms with E-state index in [1.165, 1.54) is 0 Å². The SMILES string of the molecule is CC.CNC(=O)[C@H](C)NC(=O)C(NC)C(C)C. The molecule has 0 bridgehead atoms. The van der Waals surface area contributed by atoms with Gasteiger partial charge in [-0.15, -0.1) is 0 Å². The van der Waals surface area contributed by atoms with E-state index >= 15 is 0 Å². The zero-order chi connectivity index (χ0) is 14.0. The van der Waals surface area contributed by atoms with Crippen molar-refractivity contribution in [1.82, 2.24) is 16.0 Å². The number of amides is 2. The molecule has 0 radical (unpaired) electrons. The van der Waals surface area contributed by atoms with Crippen LogP contribution >= 0.6 is 0 Å².